The quantitative estimate of drug-likeness (QED) is 0.847. The van der Waals surface area contributed by atoms with Gasteiger partial charge in [0.05, 0.1) is 13.0 Å². The summed E-state index contributed by atoms with van der Waals surface area (Å²) in [5.41, 5.74) is -1.56. The Morgan fingerprint density at radius 3 is 2.44 bits per heavy atom. The van der Waals surface area contributed by atoms with Crippen molar-refractivity contribution in [3.63, 3.8) is 0 Å². The van der Waals surface area contributed by atoms with Crippen LogP contribution in [-0.2, 0) is 14.3 Å². The normalized spacial score (nSPS) is 21.9. The molecule has 1 aromatic carbocycles. The molecule has 27 heavy (non-hydrogen) atoms. The van der Waals surface area contributed by atoms with Gasteiger partial charge in [-0.05, 0) is 38.8 Å². The summed E-state index contributed by atoms with van der Waals surface area (Å²) in [5.74, 6) is -0.622. The third-order valence-corrected chi connectivity index (χ3v) is 5.67. The van der Waals surface area contributed by atoms with Gasteiger partial charge in [-0.3, -0.25) is 9.59 Å². The van der Waals surface area contributed by atoms with Crippen LogP contribution < -0.4 is 9.47 Å². The molecule has 1 atom stereocenters. The maximum Gasteiger partial charge on any atom is 0.308 e. The summed E-state index contributed by atoms with van der Waals surface area (Å²) < 4.78 is 16.7. The highest BCUT2D eigenvalue weighted by Gasteiger charge is 2.53. The molecule has 0 radical (unpaired) electrons. The monoisotopic (exact) mass is 377 g/mol. The average Bonchev–Trinajstić information content (AvgIpc) is 3.00. The summed E-state index contributed by atoms with van der Waals surface area (Å²) in [6.07, 6.45) is 1.31. The summed E-state index contributed by atoms with van der Waals surface area (Å²) in [5, 5.41) is 9.71. The number of hydrogen-bond acceptors (Lipinski definition) is 5. The van der Waals surface area contributed by atoms with Gasteiger partial charge in [-0.2, -0.15) is 0 Å². The van der Waals surface area contributed by atoms with E-state index in [1.165, 1.54) is 0 Å². The molecule has 148 valence electrons. The Labute approximate surface area is 159 Å². The molecule has 0 aliphatic carbocycles. The molecule has 2 heterocycles. The Bertz CT molecular complexity index is 710. The minimum Gasteiger partial charge on any atom is -0.493 e. The van der Waals surface area contributed by atoms with Crippen LogP contribution in [0.1, 0.15) is 26.7 Å². The first-order valence-corrected chi connectivity index (χ1v) is 9.21. The predicted molar refractivity (Wildman–Crippen MR) is 97.9 cm³/mol. The Hall–Kier alpha value is -2.28. The number of ether oxygens (including phenoxy) is 3. The fourth-order valence-electron chi connectivity index (χ4n) is 4.15. The molecule has 7 nitrogen and oxygen atoms in total. The van der Waals surface area contributed by atoms with Crippen molar-refractivity contribution < 1.29 is 28.9 Å². The molecule has 0 bridgehead atoms. The molecule has 1 unspecified atom stereocenters. The number of carbonyl (C=O) groups is 2. The average molecular weight is 377 g/mol. The van der Waals surface area contributed by atoms with E-state index < -0.39 is 22.9 Å². The minimum absolute atomic E-state index is 0.201. The van der Waals surface area contributed by atoms with Crippen LogP contribution in [0.2, 0.25) is 0 Å². The highest BCUT2D eigenvalue weighted by atomic mass is 16.5. The lowest BCUT2D eigenvalue weighted by Crippen LogP contribution is -2.49. The van der Waals surface area contributed by atoms with Gasteiger partial charge in [0.1, 0.15) is 0 Å². The molecule has 3 rings (SSSR count). The number of carbonyl (C=O) groups excluding carboxylic acids is 1. The van der Waals surface area contributed by atoms with Crippen molar-refractivity contribution in [3.05, 3.63) is 24.3 Å². The van der Waals surface area contributed by atoms with E-state index in [-0.39, 0.29) is 12.5 Å². The lowest BCUT2D eigenvalue weighted by molar-refractivity contribution is -0.147. The largest absolute Gasteiger partial charge is 0.493 e. The maximum atomic E-state index is 13.2. The van der Waals surface area contributed by atoms with Gasteiger partial charge in [-0.1, -0.05) is 12.1 Å². The predicted octanol–water partition coefficient (Wildman–Crippen LogP) is 2.19. The van der Waals surface area contributed by atoms with E-state index in [0.29, 0.717) is 44.1 Å². The standard InChI is InChI=1S/C20H27NO6/c1-19(2,27-16-7-5-4-6-15(16)25-3)18(24)21-12-14(17(22)23)20(13-21)8-10-26-11-9-20/h4-7,14H,8-13H2,1-3H3,(H,22,23). The number of hydrogen-bond donors (Lipinski definition) is 1. The molecule has 1 spiro atoms. The van der Waals surface area contributed by atoms with Gasteiger partial charge < -0.3 is 24.2 Å². The van der Waals surface area contributed by atoms with Crippen LogP contribution in [0, 0.1) is 11.3 Å². The van der Waals surface area contributed by atoms with Crippen LogP contribution in [0.5, 0.6) is 11.5 Å². The molecule has 2 saturated heterocycles. The SMILES string of the molecule is COc1ccccc1OC(C)(C)C(=O)N1CC(C(=O)O)C2(CCOCC2)C1. The van der Waals surface area contributed by atoms with Gasteiger partial charge in [-0.25, -0.2) is 0 Å². The second kappa shape index (κ2) is 7.38. The molecule has 7 heteroatoms. The van der Waals surface area contributed by atoms with E-state index in [1.54, 1.807) is 38.0 Å². The number of carboxylic acids is 1. The second-order valence-electron chi connectivity index (χ2n) is 7.81. The van der Waals surface area contributed by atoms with Gasteiger partial charge in [-0.15, -0.1) is 0 Å². The van der Waals surface area contributed by atoms with E-state index in [9.17, 15) is 14.7 Å². The number of nitrogens with zero attached hydrogens (tertiary/aromatic N) is 1. The van der Waals surface area contributed by atoms with Crippen LogP contribution in [-0.4, -0.2) is 60.9 Å². The Kier molecular flexibility index (Phi) is 5.33. The van der Waals surface area contributed by atoms with Crippen molar-refractivity contribution >= 4 is 11.9 Å². The molecule has 2 fully saturated rings. The fraction of sp³-hybridized carbons (Fsp3) is 0.600. The van der Waals surface area contributed by atoms with E-state index >= 15 is 0 Å². The van der Waals surface area contributed by atoms with Gasteiger partial charge in [0.25, 0.3) is 5.91 Å². The number of aliphatic carboxylic acids is 1. The van der Waals surface area contributed by atoms with Crippen LogP contribution in [0.3, 0.4) is 0 Å². The van der Waals surface area contributed by atoms with Crippen molar-refractivity contribution in [1.82, 2.24) is 4.90 Å². The summed E-state index contributed by atoms with van der Waals surface area (Å²) in [7, 11) is 1.55. The topological polar surface area (TPSA) is 85.3 Å². The zero-order chi connectivity index (χ0) is 19.7. The molecule has 1 amide bonds. The number of para-hydroxylation sites is 2. The molecule has 1 aromatic rings. The first-order valence-electron chi connectivity index (χ1n) is 9.21. The van der Waals surface area contributed by atoms with Crippen LogP contribution in [0.15, 0.2) is 24.3 Å². The summed E-state index contributed by atoms with van der Waals surface area (Å²) in [4.78, 5) is 26.7. The fourth-order valence-corrected chi connectivity index (χ4v) is 4.15. The van der Waals surface area contributed by atoms with Gasteiger partial charge in [0.2, 0.25) is 0 Å². The lowest BCUT2D eigenvalue weighted by Gasteiger charge is -2.36. The molecule has 2 aliphatic rings. The maximum absolute atomic E-state index is 13.2. The molecular formula is C20H27NO6. The Morgan fingerprint density at radius 1 is 1.22 bits per heavy atom. The highest BCUT2D eigenvalue weighted by Crippen LogP contribution is 2.45. The first-order chi connectivity index (χ1) is 12.8. The van der Waals surface area contributed by atoms with Crippen LogP contribution in [0.25, 0.3) is 0 Å². The van der Waals surface area contributed by atoms with E-state index in [2.05, 4.69) is 0 Å². The minimum atomic E-state index is -1.14. The number of carboxylic acid groups (broad SMARTS) is 1. The highest BCUT2D eigenvalue weighted by molar-refractivity contribution is 5.86. The Balaban J connectivity index is 1.79. The number of likely N-dealkylation sites (tertiary alicyclic amines) is 1. The third kappa shape index (κ3) is 3.74. The van der Waals surface area contributed by atoms with E-state index in [4.69, 9.17) is 14.2 Å². The number of benzene rings is 1. The third-order valence-electron chi connectivity index (χ3n) is 5.67. The molecular weight excluding hydrogens is 350 g/mol. The molecule has 1 N–H and O–H groups in total. The van der Waals surface area contributed by atoms with Crippen molar-refractivity contribution in [2.24, 2.45) is 11.3 Å². The second-order valence-corrected chi connectivity index (χ2v) is 7.81. The number of rotatable bonds is 5. The van der Waals surface area contributed by atoms with Gasteiger partial charge in [0, 0.05) is 31.7 Å². The zero-order valence-corrected chi connectivity index (χ0v) is 16.1. The smallest absolute Gasteiger partial charge is 0.308 e. The van der Waals surface area contributed by atoms with Crippen molar-refractivity contribution in [1.29, 1.82) is 0 Å². The van der Waals surface area contributed by atoms with E-state index in [0.717, 1.165) is 0 Å². The van der Waals surface area contributed by atoms with Crippen molar-refractivity contribution in [2.45, 2.75) is 32.3 Å². The molecule has 2 aliphatic heterocycles. The van der Waals surface area contributed by atoms with E-state index in [1.807, 2.05) is 12.1 Å². The first kappa shape index (κ1) is 19.5. The number of amides is 1. The van der Waals surface area contributed by atoms with Crippen LogP contribution >= 0.6 is 0 Å². The summed E-state index contributed by atoms with van der Waals surface area (Å²) >= 11 is 0. The summed E-state index contributed by atoms with van der Waals surface area (Å²) in [6, 6.07) is 7.15. The zero-order valence-electron chi connectivity index (χ0n) is 16.1. The van der Waals surface area contributed by atoms with Gasteiger partial charge >= 0.3 is 5.97 Å². The lowest BCUT2D eigenvalue weighted by atomic mass is 9.72. The Morgan fingerprint density at radius 2 is 1.85 bits per heavy atom. The molecule has 0 saturated carbocycles. The number of methoxy groups -OCH3 is 1. The molecule has 0 aromatic heterocycles. The van der Waals surface area contributed by atoms with Gasteiger partial charge in [0.15, 0.2) is 17.1 Å². The summed E-state index contributed by atoms with van der Waals surface area (Å²) in [6.45, 7) is 5.09. The van der Waals surface area contributed by atoms with Crippen molar-refractivity contribution in [2.75, 3.05) is 33.4 Å². The van der Waals surface area contributed by atoms with Crippen molar-refractivity contribution in [3.8, 4) is 11.5 Å². The van der Waals surface area contributed by atoms with Crippen LogP contribution in [0.4, 0.5) is 0 Å².